The molecule has 0 amide bonds. The van der Waals surface area contributed by atoms with Crippen LogP contribution in [0.4, 0.5) is 57.1 Å². The van der Waals surface area contributed by atoms with Gasteiger partial charge in [0.05, 0.1) is 46.2 Å². The smallest absolute Gasteiger partial charge is 0.394 e. The third-order valence-corrected chi connectivity index (χ3v) is 15.5. The maximum atomic E-state index is 14.5. The van der Waals surface area contributed by atoms with E-state index < -0.39 is 273 Å². The second-order valence-corrected chi connectivity index (χ2v) is 21.4. The van der Waals surface area contributed by atoms with Gasteiger partial charge in [-0.05, 0) is 0 Å². The number of ether oxygens (including phenoxy) is 13. The molecular weight excluding hydrogens is 1280 g/mol. The van der Waals surface area contributed by atoms with Crippen LogP contribution in [-0.4, -0.2) is 353 Å². The molecule has 22 aliphatic rings. The first-order valence-electron chi connectivity index (χ1n) is 26.6. The molecule has 12 bridgehead atoms. The summed E-state index contributed by atoms with van der Waals surface area (Å²) in [6, 6.07) is 0. The average molecular weight is 1340 g/mol. The van der Waals surface area contributed by atoms with E-state index in [1.165, 1.54) is 0 Å². The normalized spacial score (nSPS) is 45.5. The zero-order valence-electron chi connectivity index (χ0n) is 45.0. The summed E-state index contributed by atoms with van der Waals surface area (Å²) in [5.74, 6) is -38.4. The van der Waals surface area contributed by atoms with Crippen molar-refractivity contribution in [3.05, 3.63) is 12.2 Å². The number of allylic oxidation sites excluding steroid dienone is 1. The van der Waals surface area contributed by atoms with E-state index in [1.54, 1.807) is 0 Å². The summed E-state index contributed by atoms with van der Waals surface area (Å²) >= 11 is 0. The fraction of sp³-hybridized carbons (Fsp3) is 0.957. The van der Waals surface area contributed by atoms with Crippen molar-refractivity contribution in [1.29, 1.82) is 0 Å². The highest BCUT2D eigenvalue weighted by atomic mass is 19.4. The van der Waals surface area contributed by atoms with Gasteiger partial charge in [-0.2, -0.15) is 57.1 Å². The standard InChI is InChI=1S/C46H65F13O30/c47-41(48,42(49,50)43(51,52)44(53,54)45(55,56)46(57,58)59)3-1-2-4-77-10-16-34-22(70)28(76)40(83-16)88-33-15(9-64)81-38(26(74)20(33)68)86-31-13(7-62)79-36(24(72)18(31)66)84-29-11(5-60)78-35(23(71)17(29)65)85-30-12(6-61)80-37(25(73)19(30)67)87-32-14(8-63)82-39(89-34)27(75)21(32)69/h1-2,11-40,60-76H,3-10H2/b2-1+/t11-,12-,13-,14-,15-,16-,17-,18-,19-,20-,21-,22-,23-,24-,25-,26-,27-,28-,29-,30-,31-,32-,33-,34-,35-,36-,37-,38-,39-,40-/m1/s1. The van der Waals surface area contributed by atoms with Gasteiger partial charge in [-0.3, -0.25) is 0 Å². The molecule has 22 fully saturated rings. The lowest BCUT2D eigenvalue weighted by Crippen LogP contribution is -2.70. The molecule has 0 saturated carbocycles. The van der Waals surface area contributed by atoms with Crippen LogP contribution in [0, 0.1) is 0 Å². The maximum absolute atomic E-state index is 14.5. The number of aliphatic hydroxyl groups is 17. The molecule has 89 heavy (non-hydrogen) atoms. The van der Waals surface area contributed by atoms with E-state index in [4.69, 9.17) is 61.6 Å². The number of hydrogen-bond donors (Lipinski definition) is 17. The molecule has 0 radical (unpaired) electrons. The van der Waals surface area contributed by atoms with Crippen molar-refractivity contribution >= 4 is 0 Å². The van der Waals surface area contributed by atoms with Crippen LogP contribution in [0.1, 0.15) is 6.42 Å². The second kappa shape index (κ2) is 28.5. The molecule has 0 aromatic rings. The summed E-state index contributed by atoms with van der Waals surface area (Å²) in [5.41, 5.74) is 0. The first-order chi connectivity index (χ1) is 41.3. The van der Waals surface area contributed by atoms with Gasteiger partial charge in [0.2, 0.25) is 0 Å². The molecule has 0 aromatic heterocycles. The van der Waals surface area contributed by atoms with E-state index in [1.807, 2.05) is 0 Å². The van der Waals surface area contributed by atoms with Crippen molar-refractivity contribution in [1.82, 2.24) is 0 Å². The van der Waals surface area contributed by atoms with Gasteiger partial charge in [0.1, 0.15) is 146 Å². The van der Waals surface area contributed by atoms with Crippen molar-refractivity contribution in [2.24, 2.45) is 0 Å². The molecule has 520 valence electrons. The molecule has 17 N–H and O–H groups in total. The monoisotopic (exact) mass is 1340 g/mol. The van der Waals surface area contributed by atoms with Crippen LogP contribution in [0.15, 0.2) is 12.2 Å². The molecule has 30 nitrogen and oxygen atoms in total. The Morgan fingerprint density at radius 3 is 0.742 bits per heavy atom. The van der Waals surface area contributed by atoms with Gasteiger partial charge in [0.15, 0.2) is 37.7 Å². The number of hydrogen-bond acceptors (Lipinski definition) is 30. The number of rotatable bonds is 15. The molecule has 22 saturated heterocycles. The third kappa shape index (κ3) is 14.0. The summed E-state index contributed by atoms with van der Waals surface area (Å²) in [6.45, 7) is -8.36. The largest absolute Gasteiger partial charge is 0.460 e. The molecule has 22 aliphatic heterocycles. The Morgan fingerprint density at radius 2 is 0.506 bits per heavy atom. The second-order valence-electron chi connectivity index (χ2n) is 21.4. The summed E-state index contributed by atoms with van der Waals surface area (Å²) in [6.07, 6.45) is -76.5. The van der Waals surface area contributed by atoms with Crippen molar-refractivity contribution in [3.8, 4) is 0 Å². The van der Waals surface area contributed by atoms with Crippen molar-refractivity contribution in [2.45, 2.75) is 226 Å². The van der Waals surface area contributed by atoms with Gasteiger partial charge < -0.3 is 148 Å². The van der Waals surface area contributed by atoms with Crippen LogP contribution in [0.2, 0.25) is 0 Å². The molecular formula is C46H65F13O30. The molecule has 0 aliphatic carbocycles. The SMILES string of the molecule is OC[C@H]1O[C@@H]2O[C@H]3[C@H](O)[C@@H](O)[C@@H](O[C@H]4[C@H](O)[C@@H](O)[C@@H](O[C@H]5[C@H](O)[C@@H](O)[C@@H](O[C@H]6[C@H](O)[C@@H](O)[C@@H](O[C@H]7[C@H](O)[C@@H](O)[C@@H](O[C@H]1[C@H](O)[C@H]2O)O[C@@H]7CO)O[C@@H]6CO)O[C@@H]5COC/C=C/CC(F)(F)C(F)(F)C(F)(F)C(F)(F)C(F)(F)C(F)(F)F)O[C@@H]4CO)O[C@@H]3CO. The van der Waals surface area contributed by atoms with E-state index in [0.29, 0.717) is 0 Å². The predicted molar refractivity (Wildman–Crippen MR) is 244 cm³/mol. The van der Waals surface area contributed by atoms with Crippen LogP contribution < -0.4 is 0 Å². The summed E-state index contributed by atoms with van der Waals surface area (Å²) in [5, 5.41) is 188. The Bertz CT molecular complexity index is 2280. The van der Waals surface area contributed by atoms with Crippen LogP contribution in [-0.2, 0) is 61.6 Å². The van der Waals surface area contributed by atoms with E-state index in [0.717, 1.165) is 0 Å². The fourth-order valence-corrected chi connectivity index (χ4v) is 10.4. The highest BCUT2D eigenvalue weighted by Gasteiger charge is 2.90. The average Bonchev–Trinajstić information content (AvgIpc) is 0.880. The summed E-state index contributed by atoms with van der Waals surface area (Å²) < 4.78 is 251. The first-order valence-corrected chi connectivity index (χ1v) is 26.6. The van der Waals surface area contributed by atoms with Gasteiger partial charge in [0.25, 0.3) is 0 Å². The molecule has 30 atom stereocenters. The topological polar surface area (TPSA) is 464 Å². The van der Waals surface area contributed by atoms with Gasteiger partial charge in [-0.15, -0.1) is 0 Å². The highest BCUT2D eigenvalue weighted by Crippen LogP contribution is 2.61. The van der Waals surface area contributed by atoms with Crippen molar-refractivity contribution in [2.75, 3.05) is 46.2 Å². The minimum atomic E-state index is -8.18. The van der Waals surface area contributed by atoms with E-state index >= 15 is 0 Å². The number of aliphatic hydroxyl groups excluding tert-OH is 17. The quantitative estimate of drug-likeness (QED) is 0.0411. The Hall–Kier alpha value is -2.37. The van der Waals surface area contributed by atoms with Crippen LogP contribution in [0.5, 0.6) is 0 Å². The summed E-state index contributed by atoms with van der Waals surface area (Å²) in [7, 11) is 0. The molecule has 0 unspecified atom stereocenters. The van der Waals surface area contributed by atoms with Gasteiger partial charge in [0, 0.05) is 6.42 Å². The lowest BCUT2D eigenvalue weighted by Gasteiger charge is -2.50. The molecule has 0 spiro atoms. The van der Waals surface area contributed by atoms with Crippen molar-refractivity contribution in [3.63, 3.8) is 0 Å². The van der Waals surface area contributed by atoms with Crippen LogP contribution >= 0.6 is 0 Å². The zero-order chi connectivity index (χ0) is 66.6. The van der Waals surface area contributed by atoms with Crippen LogP contribution in [0.3, 0.4) is 0 Å². The minimum Gasteiger partial charge on any atom is -0.394 e. The van der Waals surface area contributed by atoms with E-state index in [2.05, 4.69) is 0 Å². The first kappa shape index (κ1) is 74.0. The lowest BCUT2D eigenvalue weighted by atomic mass is 9.92. The Balaban J connectivity index is 1.17. The lowest BCUT2D eigenvalue weighted by molar-refractivity contribution is -0.439. The van der Waals surface area contributed by atoms with Crippen molar-refractivity contribution < 1.29 is 205 Å². The molecule has 0 aromatic carbocycles. The van der Waals surface area contributed by atoms with Gasteiger partial charge in [-0.1, -0.05) is 12.2 Å². The van der Waals surface area contributed by atoms with Crippen LogP contribution in [0.25, 0.3) is 0 Å². The highest BCUT2D eigenvalue weighted by molar-refractivity contribution is 5.12. The number of halogens is 13. The molecule has 22 heterocycles. The molecule has 43 heteroatoms. The van der Waals surface area contributed by atoms with E-state index in [9.17, 15) is 144 Å². The Kier molecular flexibility index (Phi) is 23.7. The Morgan fingerprint density at radius 1 is 0.281 bits per heavy atom. The maximum Gasteiger partial charge on any atom is 0.460 e. The van der Waals surface area contributed by atoms with E-state index in [-0.39, 0.29) is 12.2 Å². The van der Waals surface area contributed by atoms with Gasteiger partial charge >= 0.3 is 35.8 Å². The Labute approximate surface area is 490 Å². The minimum absolute atomic E-state index is 0.217. The predicted octanol–water partition coefficient (Wildman–Crippen LogP) is -7.35. The number of alkyl halides is 13. The van der Waals surface area contributed by atoms with Gasteiger partial charge in [-0.25, -0.2) is 0 Å². The fourth-order valence-electron chi connectivity index (χ4n) is 10.4. The zero-order valence-corrected chi connectivity index (χ0v) is 45.0. The molecule has 22 rings (SSSR count). The third-order valence-electron chi connectivity index (χ3n) is 15.5. The summed E-state index contributed by atoms with van der Waals surface area (Å²) in [4.78, 5) is 0.